The van der Waals surface area contributed by atoms with E-state index in [1.54, 1.807) is 11.8 Å². The van der Waals surface area contributed by atoms with Crippen molar-refractivity contribution < 1.29 is 38.2 Å². The average molecular weight is 761 g/mol. The lowest BCUT2D eigenvalue weighted by Crippen LogP contribution is -2.38. The molecule has 2 heterocycles. The lowest BCUT2D eigenvalue weighted by atomic mass is 10.1. The molecule has 1 aromatic rings. The molecule has 4 N–H and O–H groups in total. The van der Waals surface area contributed by atoms with Crippen LogP contribution < -0.4 is 11.2 Å². The highest BCUT2D eigenvalue weighted by molar-refractivity contribution is 7.99. The molecule has 2 unspecified atom stereocenters. The highest BCUT2D eigenvalue weighted by Gasteiger charge is 2.45. The molecule has 0 aromatic carbocycles. The number of aliphatic hydroxyl groups excluding tert-OH is 2. The normalized spacial score (nSPS) is 20.7. The number of hydrogen-bond donors (Lipinski definition) is 4. The highest BCUT2D eigenvalue weighted by Crippen LogP contribution is 2.44. The van der Waals surface area contributed by atoms with E-state index in [4.69, 9.17) is 24.9 Å². The summed E-state index contributed by atoms with van der Waals surface area (Å²) in [5.41, 5.74) is -1.45. The number of phosphoric ester groups is 1. The first-order chi connectivity index (χ1) is 24.6. The quantitative estimate of drug-likeness (QED) is 0.0363. The minimum absolute atomic E-state index is 0.0692. The SMILES string of the molecule is C#CCc1cn([C@@H]2O[C@H](COP(=O)(O)OCC(CSCCCCCCCCCCCC)OCCCCCCCCCC)[C@@H](O)[C@@H]2O)c(=O)[nH]c1=O. The Morgan fingerprint density at radius 2 is 1.47 bits per heavy atom. The lowest BCUT2D eigenvalue weighted by molar-refractivity contribution is -0.0565. The predicted octanol–water partition coefficient (Wildman–Crippen LogP) is 6.65. The molecular formula is C37H65N2O10PS. The first-order valence-corrected chi connectivity index (χ1v) is 21.9. The molecule has 51 heavy (non-hydrogen) atoms. The molecule has 14 heteroatoms. The van der Waals surface area contributed by atoms with Gasteiger partial charge < -0.3 is 24.6 Å². The fourth-order valence-corrected chi connectivity index (χ4v) is 7.76. The Hall–Kier alpha value is -1.46. The van der Waals surface area contributed by atoms with E-state index < -0.39 is 56.3 Å². The van der Waals surface area contributed by atoms with Crippen LogP contribution >= 0.6 is 19.6 Å². The number of nitrogens with zero attached hydrogens (tertiary/aromatic N) is 1. The summed E-state index contributed by atoms with van der Waals surface area (Å²) in [5, 5.41) is 21.2. The number of thioether (sulfide) groups is 1. The molecule has 0 spiro atoms. The maximum Gasteiger partial charge on any atom is 0.472 e. The van der Waals surface area contributed by atoms with Gasteiger partial charge in [-0.05, 0) is 18.6 Å². The summed E-state index contributed by atoms with van der Waals surface area (Å²) >= 11 is 1.75. The number of aliphatic hydroxyl groups is 2. The molecule has 1 aromatic heterocycles. The number of hydrogen-bond acceptors (Lipinski definition) is 10. The van der Waals surface area contributed by atoms with E-state index in [1.165, 1.54) is 89.9 Å². The second kappa shape index (κ2) is 27.2. The van der Waals surface area contributed by atoms with Crippen LogP contribution in [-0.4, -0.2) is 80.4 Å². The third-order valence-corrected chi connectivity index (χ3v) is 11.2. The number of phosphoric acid groups is 1. The zero-order valence-corrected chi connectivity index (χ0v) is 32.7. The summed E-state index contributed by atoms with van der Waals surface area (Å²) in [6, 6.07) is 0. The standard InChI is InChI=1S/C37H65N2O10PS/c1-4-7-9-11-13-15-16-18-20-22-25-51-29-31(46-24-21-19-17-14-12-10-8-5-2)27-47-50(44,45)48-28-32-33(40)34(41)36(49-32)39-26-30(23-6-3)35(42)38-37(39)43/h3,26,31-34,36,40-41H,4-5,7-25,27-29H2,1-2H3,(H,44,45)(H,38,42,43)/t31?,32-,33-,34+,36-/m1/s1. The van der Waals surface area contributed by atoms with Crippen molar-refractivity contribution in [1.29, 1.82) is 0 Å². The zero-order valence-electron chi connectivity index (χ0n) is 31.0. The van der Waals surface area contributed by atoms with Crippen LogP contribution in [0.25, 0.3) is 0 Å². The Labute approximate surface area is 309 Å². The minimum atomic E-state index is -4.60. The monoisotopic (exact) mass is 760 g/mol. The van der Waals surface area contributed by atoms with Crippen molar-refractivity contribution in [2.45, 2.75) is 166 Å². The number of terminal acetylenes is 1. The van der Waals surface area contributed by atoms with Gasteiger partial charge in [0.15, 0.2) is 6.23 Å². The maximum absolute atomic E-state index is 12.9. The first-order valence-electron chi connectivity index (χ1n) is 19.2. The molecule has 1 fully saturated rings. The average Bonchev–Trinajstić information content (AvgIpc) is 3.39. The summed E-state index contributed by atoms with van der Waals surface area (Å²) in [7, 11) is -4.60. The molecule has 294 valence electrons. The summed E-state index contributed by atoms with van der Waals surface area (Å²) in [6.45, 7) is 4.23. The largest absolute Gasteiger partial charge is 0.472 e. The van der Waals surface area contributed by atoms with Gasteiger partial charge >= 0.3 is 13.5 Å². The number of unbranched alkanes of at least 4 members (excludes halogenated alkanes) is 16. The summed E-state index contributed by atoms with van der Waals surface area (Å²) in [4.78, 5) is 37.0. The van der Waals surface area contributed by atoms with Crippen molar-refractivity contribution >= 4 is 19.6 Å². The van der Waals surface area contributed by atoms with Crippen molar-refractivity contribution in [3.63, 3.8) is 0 Å². The highest BCUT2D eigenvalue weighted by atomic mass is 32.2. The number of rotatable bonds is 31. The molecule has 0 aliphatic carbocycles. The Morgan fingerprint density at radius 3 is 2.06 bits per heavy atom. The Kier molecular flexibility index (Phi) is 24.3. The van der Waals surface area contributed by atoms with Crippen molar-refractivity contribution in [3.05, 3.63) is 32.6 Å². The van der Waals surface area contributed by atoms with Gasteiger partial charge in [0, 0.05) is 30.5 Å². The van der Waals surface area contributed by atoms with Crippen LogP contribution in [0, 0.1) is 12.3 Å². The molecule has 1 saturated heterocycles. The number of aromatic amines is 1. The summed E-state index contributed by atoms with van der Waals surface area (Å²) in [6.07, 6.45) is 22.3. The second-order valence-corrected chi connectivity index (χ2v) is 16.1. The van der Waals surface area contributed by atoms with Crippen LogP contribution in [0.2, 0.25) is 0 Å². The number of H-pyrrole nitrogens is 1. The molecule has 0 saturated carbocycles. The van der Waals surface area contributed by atoms with Crippen LogP contribution in [0.4, 0.5) is 0 Å². The van der Waals surface area contributed by atoms with Gasteiger partial charge in [-0.25, -0.2) is 9.36 Å². The molecule has 6 atom stereocenters. The molecule has 12 nitrogen and oxygen atoms in total. The van der Waals surface area contributed by atoms with E-state index in [0.717, 1.165) is 42.2 Å². The number of nitrogens with one attached hydrogen (secondary N) is 1. The van der Waals surface area contributed by atoms with E-state index in [0.29, 0.717) is 12.4 Å². The van der Waals surface area contributed by atoms with Gasteiger partial charge in [-0.3, -0.25) is 23.4 Å². The Balaban J connectivity index is 1.82. The Bertz CT molecular complexity index is 1270. The second-order valence-electron chi connectivity index (χ2n) is 13.5. The van der Waals surface area contributed by atoms with E-state index >= 15 is 0 Å². The van der Waals surface area contributed by atoms with Crippen LogP contribution in [0.1, 0.15) is 141 Å². The Morgan fingerprint density at radius 1 is 0.902 bits per heavy atom. The van der Waals surface area contributed by atoms with E-state index in [2.05, 4.69) is 24.8 Å². The van der Waals surface area contributed by atoms with Gasteiger partial charge in [-0.1, -0.05) is 117 Å². The van der Waals surface area contributed by atoms with Crippen molar-refractivity contribution in [2.75, 3.05) is 31.3 Å². The topological polar surface area (TPSA) is 170 Å². The van der Waals surface area contributed by atoms with Crippen LogP contribution in [-0.2, 0) is 29.5 Å². The summed E-state index contributed by atoms with van der Waals surface area (Å²) < 4.78 is 36.0. The van der Waals surface area contributed by atoms with E-state index in [1.807, 2.05) is 0 Å². The van der Waals surface area contributed by atoms with E-state index in [9.17, 15) is 29.3 Å². The summed E-state index contributed by atoms with van der Waals surface area (Å²) in [5.74, 6) is 3.90. The number of aromatic nitrogens is 2. The lowest BCUT2D eigenvalue weighted by Gasteiger charge is -2.21. The fraction of sp³-hybridized carbons (Fsp3) is 0.838. The van der Waals surface area contributed by atoms with Crippen LogP contribution in [0.3, 0.4) is 0 Å². The molecule has 0 bridgehead atoms. The molecular weight excluding hydrogens is 695 g/mol. The minimum Gasteiger partial charge on any atom is -0.387 e. The van der Waals surface area contributed by atoms with Gasteiger partial charge in [0.05, 0.1) is 19.3 Å². The zero-order chi connectivity index (χ0) is 37.3. The van der Waals surface area contributed by atoms with Gasteiger partial charge in [-0.15, -0.1) is 12.3 Å². The van der Waals surface area contributed by atoms with Crippen molar-refractivity contribution in [1.82, 2.24) is 9.55 Å². The number of ether oxygens (including phenoxy) is 2. The maximum atomic E-state index is 12.9. The molecule has 1 aliphatic rings. The molecule has 0 amide bonds. The molecule has 0 radical (unpaired) electrons. The third-order valence-electron chi connectivity index (χ3n) is 9.07. The van der Waals surface area contributed by atoms with Crippen LogP contribution in [0.15, 0.2) is 15.8 Å². The van der Waals surface area contributed by atoms with Gasteiger partial charge in [0.2, 0.25) is 0 Å². The van der Waals surface area contributed by atoms with Gasteiger partial charge in [0.1, 0.15) is 18.3 Å². The van der Waals surface area contributed by atoms with Crippen LogP contribution in [0.5, 0.6) is 0 Å². The molecule has 1 aliphatic heterocycles. The predicted molar refractivity (Wildman–Crippen MR) is 203 cm³/mol. The fourth-order valence-electron chi connectivity index (χ4n) is 5.97. The van der Waals surface area contributed by atoms with Crippen molar-refractivity contribution in [2.24, 2.45) is 0 Å². The molecule has 2 rings (SSSR count). The van der Waals surface area contributed by atoms with Gasteiger partial charge in [-0.2, -0.15) is 11.8 Å². The first kappa shape index (κ1) is 45.7. The van der Waals surface area contributed by atoms with Crippen molar-refractivity contribution in [3.8, 4) is 12.3 Å². The van der Waals surface area contributed by atoms with Gasteiger partial charge in [0.25, 0.3) is 5.56 Å². The smallest absolute Gasteiger partial charge is 0.387 e. The third kappa shape index (κ3) is 18.9. The van der Waals surface area contributed by atoms with E-state index in [-0.39, 0.29) is 18.6 Å².